The van der Waals surface area contributed by atoms with Crippen molar-refractivity contribution in [3.8, 4) is 5.75 Å². The molecule has 0 aliphatic heterocycles. The number of esters is 1. The Hall–Kier alpha value is -2.15. The van der Waals surface area contributed by atoms with Crippen molar-refractivity contribution in [2.45, 2.75) is 6.92 Å². The quantitative estimate of drug-likeness (QED) is 0.450. The number of thioether (sulfide) groups is 1. The second kappa shape index (κ2) is 9.09. The SMILES string of the molecule is CN=C(C(=O)OC)c1cc(OC/C(SC)=C(\C)NC)ccc1N. The maximum Gasteiger partial charge on any atom is 0.356 e. The fourth-order valence-corrected chi connectivity index (χ4v) is 2.44. The van der Waals surface area contributed by atoms with Gasteiger partial charge in [0.05, 0.1) is 7.11 Å². The highest BCUT2D eigenvalue weighted by atomic mass is 32.2. The van der Waals surface area contributed by atoms with E-state index in [9.17, 15) is 4.79 Å². The van der Waals surface area contributed by atoms with Crippen molar-refractivity contribution < 1.29 is 14.3 Å². The highest BCUT2D eigenvalue weighted by Gasteiger charge is 2.17. The van der Waals surface area contributed by atoms with E-state index < -0.39 is 5.97 Å². The van der Waals surface area contributed by atoms with Crippen molar-refractivity contribution in [1.29, 1.82) is 0 Å². The lowest BCUT2D eigenvalue weighted by Crippen LogP contribution is -2.19. The predicted molar refractivity (Wildman–Crippen MR) is 96.1 cm³/mol. The zero-order chi connectivity index (χ0) is 17.4. The molecular weight excluding hydrogens is 314 g/mol. The Morgan fingerprint density at radius 3 is 2.65 bits per heavy atom. The number of benzene rings is 1. The van der Waals surface area contributed by atoms with Gasteiger partial charge in [-0.25, -0.2) is 4.79 Å². The molecule has 1 aromatic rings. The lowest BCUT2D eigenvalue weighted by Gasteiger charge is -2.13. The summed E-state index contributed by atoms with van der Waals surface area (Å²) in [5, 5.41) is 3.10. The van der Waals surface area contributed by atoms with Crippen LogP contribution in [0.1, 0.15) is 12.5 Å². The number of hydrogen-bond donors (Lipinski definition) is 2. The van der Waals surface area contributed by atoms with Gasteiger partial charge >= 0.3 is 5.97 Å². The molecule has 0 atom stereocenters. The van der Waals surface area contributed by atoms with Crippen molar-refractivity contribution in [3.63, 3.8) is 0 Å². The van der Waals surface area contributed by atoms with Crippen LogP contribution in [0, 0.1) is 0 Å². The van der Waals surface area contributed by atoms with Crippen LogP contribution in [0.4, 0.5) is 5.69 Å². The van der Waals surface area contributed by atoms with E-state index in [1.807, 2.05) is 20.2 Å². The van der Waals surface area contributed by atoms with E-state index in [-0.39, 0.29) is 5.71 Å². The highest BCUT2D eigenvalue weighted by molar-refractivity contribution is 8.02. The monoisotopic (exact) mass is 337 g/mol. The summed E-state index contributed by atoms with van der Waals surface area (Å²) in [6, 6.07) is 5.14. The van der Waals surface area contributed by atoms with E-state index in [0.29, 0.717) is 23.6 Å². The minimum absolute atomic E-state index is 0.169. The molecule has 0 aromatic heterocycles. The van der Waals surface area contributed by atoms with Crippen LogP contribution in [0.2, 0.25) is 0 Å². The zero-order valence-electron chi connectivity index (χ0n) is 14.1. The number of aliphatic imine (C=N–C) groups is 1. The summed E-state index contributed by atoms with van der Waals surface area (Å²) >= 11 is 1.62. The van der Waals surface area contributed by atoms with Crippen LogP contribution in [0.3, 0.4) is 0 Å². The molecule has 1 rings (SSSR count). The number of hydrogen-bond acceptors (Lipinski definition) is 7. The van der Waals surface area contributed by atoms with Gasteiger partial charge in [0.2, 0.25) is 0 Å². The second-order valence-electron chi connectivity index (χ2n) is 4.60. The molecule has 0 saturated carbocycles. The summed E-state index contributed by atoms with van der Waals surface area (Å²) in [4.78, 5) is 16.8. The van der Waals surface area contributed by atoms with Gasteiger partial charge in [-0.15, -0.1) is 11.8 Å². The van der Waals surface area contributed by atoms with Crippen molar-refractivity contribution in [1.82, 2.24) is 5.32 Å². The molecular formula is C16H23N3O3S. The molecule has 0 unspecified atom stereocenters. The van der Waals surface area contributed by atoms with E-state index in [1.165, 1.54) is 14.2 Å². The number of methoxy groups -OCH3 is 1. The minimum atomic E-state index is -0.535. The molecule has 3 N–H and O–H groups in total. The van der Waals surface area contributed by atoms with E-state index in [0.717, 1.165) is 10.6 Å². The first-order valence-corrected chi connectivity index (χ1v) is 8.20. The van der Waals surface area contributed by atoms with E-state index in [4.69, 9.17) is 15.2 Å². The molecule has 7 heteroatoms. The van der Waals surface area contributed by atoms with Gasteiger partial charge in [-0.1, -0.05) is 0 Å². The fourth-order valence-electron chi connectivity index (χ4n) is 1.86. The zero-order valence-corrected chi connectivity index (χ0v) is 14.9. The third-order valence-corrected chi connectivity index (χ3v) is 4.21. The van der Waals surface area contributed by atoms with Gasteiger partial charge in [0, 0.05) is 35.9 Å². The van der Waals surface area contributed by atoms with Crippen LogP contribution in [0.25, 0.3) is 0 Å². The van der Waals surface area contributed by atoms with Crippen LogP contribution in [0.15, 0.2) is 33.8 Å². The Morgan fingerprint density at radius 2 is 2.13 bits per heavy atom. The van der Waals surface area contributed by atoms with Crippen LogP contribution < -0.4 is 15.8 Å². The van der Waals surface area contributed by atoms with Gasteiger partial charge < -0.3 is 20.5 Å². The van der Waals surface area contributed by atoms with Gasteiger partial charge in [0.25, 0.3) is 0 Å². The number of nitrogens with two attached hydrogens (primary N) is 1. The highest BCUT2D eigenvalue weighted by Crippen LogP contribution is 2.23. The minimum Gasteiger partial charge on any atom is -0.488 e. The maximum atomic E-state index is 11.8. The van der Waals surface area contributed by atoms with Crippen LogP contribution in [-0.4, -0.2) is 45.7 Å². The molecule has 6 nitrogen and oxygen atoms in total. The van der Waals surface area contributed by atoms with Crippen molar-refractivity contribution in [2.75, 3.05) is 39.8 Å². The summed E-state index contributed by atoms with van der Waals surface area (Å²) in [6.07, 6.45) is 1.99. The molecule has 0 amide bonds. The van der Waals surface area contributed by atoms with E-state index in [1.54, 1.807) is 30.0 Å². The summed E-state index contributed by atoms with van der Waals surface area (Å²) in [5.74, 6) is 0.0711. The van der Waals surface area contributed by atoms with E-state index >= 15 is 0 Å². The molecule has 23 heavy (non-hydrogen) atoms. The molecule has 0 saturated heterocycles. The lowest BCUT2D eigenvalue weighted by atomic mass is 10.1. The summed E-state index contributed by atoms with van der Waals surface area (Å²) in [7, 11) is 4.69. The predicted octanol–water partition coefficient (Wildman–Crippen LogP) is 2.05. The molecule has 0 radical (unpaired) electrons. The van der Waals surface area contributed by atoms with Gasteiger partial charge in [-0.2, -0.15) is 0 Å². The number of nitrogens with zero attached hydrogens (tertiary/aromatic N) is 1. The lowest BCUT2D eigenvalue weighted by molar-refractivity contribution is -0.132. The summed E-state index contributed by atoms with van der Waals surface area (Å²) in [5.41, 5.74) is 8.10. The van der Waals surface area contributed by atoms with Crippen molar-refractivity contribution in [3.05, 3.63) is 34.4 Å². The Bertz CT molecular complexity index is 627. The first-order valence-electron chi connectivity index (χ1n) is 6.97. The Morgan fingerprint density at radius 1 is 1.43 bits per heavy atom. The second-order valence-corrected chi connectivity index (χ2v) is 5.50. The first-order chi connectivity index (χ1) is 11.0. The number of carbonyl (C=O) groups is 1. The van der Waals surface area contributed by atoms with Crippen molar-refractivity contribution >= 4 is 29.1 Å². The van der Waals surface area contributed by atoms with Gasteiger partial charge in [-0.05, 0) is 31.4 Å². The first kappa shape index (κ1) is 18.9. The number of ether oxygens (including phenoxy) is 2. The average Bonchev–Trinajstić information content (AvgIpc) is 2.57. The normalized spacial score (nSPS) is 12.5. The van der Waals surface area contributed by atoms with Crippen LogP contribution >= 0.6 is 11.8 Å². The largest absolute Gasteiger partial charge is 0.488 e. The number of nitrogen functional groups attached to an aromatic ring is 1. The summed E-state index contributed by atoms with van der Waals surface area (Å²) < 4.78 is 10.5. The molecule has 1 aromatic carbocycles. The molecule has 0 spiro atoms. The molecule has 126 valence electrons. The number of nitrogens with one attached hydrogen (secondary N) is 1. The number of anilines is 1. The summed E-state index contributed by atoms with van der Waals surface area (Å²) in [6.45, 7) is 2.41. The topological polar surface area (TPSA) is 85.9 Å². The van der Waals surface area contributed by atoms with Crippen molar-refractivity contribution in [2.24, 2.45) is 4.99 Å². The van der Waals surface area contributed by atoms with Gasteiger partial charge in [0.1, 0.15) is 12.4 Å². The molecule has 0 bridgehead atoms. The standard InChI is InChI=1S/C16H23N3O3S/c1-10(18-2)14(23-5)9-22-11-6-7-13(17)12(8-11)15(19-3)16(20)21-4/h6-8,18H,9,17H2,1-5H3/b14-10-,19-15?. The maximum absolute atomic E-state index is 11.8. The number of rotatable bonds is 7. The molecule has 0 aliphatic carbocycles. The van der Waals surface area contributed by atoms with Crippen LogP contribution in [0.5, 0.6) is 5.75 Å². The third kappa shape index (κ3) is 4.92. The molecule has 0 fully saturated rings. The van der Waals surface area contributed by atoms with Gasteiger partial charge in [-0.3, -0.25) is 4.99 Å². The third-order valence-electron chi connectivity index (χ3n) is 3.29. The Kier molecular flexibility index (Phi) is 7.47. The Balaban J connectivity index is 3.04. The smallest absolute Gasteiger partial charge is 0.356 e. The molecule has 0 heterocycles. The fraction of sp³-hybridized carbons (Fsp3) is 0.375. The number of carbonyl (C=O) groups excluding carboxylic acids is 1. The van der Waals surface area contributed by atoms with Crippen LogP contribution in [-0.2, 0) is 9.53 Å². The Labute approximate surface area is 141 Å². The van der Waals surface area contributed by atoms with Gasteiger partial charge in [0.15, 0.2) is 5.71 Å². The number of allylic oxidation sites excluding steroid dienone is 1. The average molecular weight is 337 g/mol. The molecule has 0 aliphatic rings. The van der Waals surface area contributed by atoms with E-state index in [2.05, 4.69) is 10.3 Å².